The zero-order valence-electron chi connectivity index (χ0n) is 8.19. The zero-order valence-corrected chi connectivity index (χ0v) is 8.19. The molecule has 74 valence electrons. The van der Waals surface area contributed by atoms with Crippen LogP contribution in [0.25, 0.3) is 0 Å². The molecule has 3 rings (SSSR count). The summed E-state index contributed by atoms with van der Waals surface area (Å²) < 4.78 is 0. The van der Waals surface area contributed by atoms with Gasteiger partial charge in [0.05, 0.1) is 11.9 Å². The second-order valence-electron chi connectivity index (χ2n) is 4.28. The first-order chi connectivity index (χ1) is 6.93. The minimum absolute atomic E-state index is 0.693. The van der Waals surface area contributed by atoms with Gasteiger partial charge in [-0.25, -0.2) is 0 Å². The average molecular weight is 189 g/mol. The van der Waals surface area contributed by atoms with E-state index < -0.39 is 0 Å². The van der Waals surface area contributed by atoms with E-state index in [9.17, 15) is 0 Å². The quantitative estimate of drug-likeness (QED) is 0.711. The van der Waals surface area contributed by atoms with Crippen molar-refractivity contribution >= 4 is 5.69 Å². The Bertz CT molecular complexity index is 312. The number of hydrogen-bond acceptors (Lipinski definition) is 3. The third-order valence-corrected chi connectivity index (χ3v) is 3.29. The summed E-state index contributed by atoms with van der Waals surface area (Å²) in [6.07, 6.45) is 5.16. The van der Waals surface area contributed by atoms with Crippen LogP contribution in [0.1, 0.15) is 6.42 Å². The van der Waals surface area contributed by atoms with Crippen LogP contribution < -0.4 is 10.2 Å². The van der Waals surface area contributed by atoms with Gasteiger partial charge in [0.25, 0.3) is 0 Å². The number of piperidine rings is 1. The lowest BCUT2D eigenvalue weighted by Gasteiger charge is -2.26. The summed E-state index contributed by atoms with van der Waals surface area (Å²) in [5.74, 6) is 0.842. The molecule has 0 radical (unpaired) electrons. The van der Waals surface area contributed by atoms with Crippen molar-refractivity contribution in [1.82, 2.24) is 10.3 Å². The van der Waals surface area contributed by atoms with Crippen molar-refractivity contribution < 1.29 is 0 Å². The van der Waals surface area contributed by atoms with Gasteiger partial charge >= 0.3 is 0 Å². The Balaban J connectivity index is 1.86. The molecule has 2 saturated heterocycles. The molecule has 2 unspecified atom stereocenters. The van der Waals surface area contributed by atoms with E-state index in [1.807, 2.05) is 18.5 Å². The van der Waals surface area contributed by atoms with Gasteiger partial charge in [-0.15, -0.1) is 0 Å². The van der Waals surface area contributed by atoms with E-state index in [0.29, 0.717) is 6.04 Å². The van der Waals surface area contributed by atoms with Crippen LogP contribution in [-0.4, -0.2) is 30.7 Å². The highest BCUT2D eigenvalue weighted by atomic mass is 15.2. The van der Waals surface area contributed by atoms with E-state index >= 15 is 0 Å². The minimum Gasteiger partial charge on any atom is -0.366 e. The molecule has 1 aromatic rings. The van der Waals surface area contributed by atoms with E-state index in [-0.39, 0.29) is 0 Å². The molecule has 1 N–H and O–H groups in total. The van der Waals surface area contributed by atoms with E-state index in [0.717, 1.165) is 12.5 Å². The summed E-state index contributed by atoms with van der Waals surface area (Å²) in [7, 11) is 0. The lowest BCUT2D eigenvalue weighted by Crippen LogP contribution is -2.39. The first-order valence-electron chi connectivity index (χ1n) is 5.31. The van der Waals surface area contributed by atoms with Crippen LogP contribution in [0, 0.1) is 5.92 Å². The van der Waals surface area contributed by atoms with Crippen LogP contribution in [0.4, 0.5) is 5.69 Å². The van der Waals surface area contributed by atoms with Gasteiger partial charge in [-0.2, -0.15) is 0 Å². The first-order valence-corrected chi connectivity index (χ1v) is 5.31. The largest absolute Gasteiger partial charge is 0.366 e. The molecule has 3 heteroatoms. The summed E-state index contributed by atoms with van der Waals surface area (Å²) in [5.41, 5.74) is 1.28. The average Bonchev–Trinajstić information content (AvgIpc) is 2.55. The standard InChI is InChI=1S/C11H15N3/c1-2-10(6-12-3-1)14-8-9-4-11(14)7-13-5-9/h1-3,6,9,11,13H,4-5,7-8H2. The molecule has 1 aromatic heterocycles. The third kappa shape index (κ3) is 1.28. The van der Waals surface area contributed by atoms with Gasteiger partial charge in [0.2, 0.25) is 0 Å². The Kier molecular flexibility index (Phi) is 1.91. The summed E-state index contributed by atoms with van der Waals surface area (Å²) in [4.78, 5) is 6.68. The number of aromatic nitrogens is 1. The minimum atomic E-state index is 0.693. The van der Waals surface area contributed by atoms with E-state index in [1.165, 1.54) is 25.2 Å². The van der Waals surface area contributed by atoms with Crippen LogP contribution in [-0.2, 0) is 0 Å². The molecular weight excluding hydrogens is 174 g/mol. The smallest absolute Gasteiger partial charge is 0.0555 e. The molecule has 0 amide bonds. The molecular formula is C11H15N3. The molecule has 14 heavy (non-hydrogen) atoms. The fourth-order valence-corrected chi connectivity index (χ4v) is 2.65. The number of fused-ring (bicyclic) bond motifs is 2. The Labute approximate surface area is 84.1 Å². The molecule has 2 atom stereocenters. The van der Waals surface area contributed by atoms with E-state index in [4.69, 9.17) is 0 Å². The van der Waals surface area contributed by atoms with Crippen molar-refractivity contribution in [2.24, 2.45) is 5.92 Å². The van der Waals surface area contributed by atoms with Crippen molar-refractivity contribution in [2.45, 2.75) is 12.5 Å². The molecule has 0 aliphatic carbocycles. The van der Waals surface area contributed by atoms with Crippen molar-refractivity contribution in [1.29, 1.82) is 0 Å². The predicted octanol–water partition coefficient (Wildman–Crippen LogP) is 0.880. The Morgan fingerprint density at radius 2 is 2.43 bits per heavy atom. The molecule has 2 aliphatic rings. The van der Waals surface area contributed by atoms with Crippen molar-refractivity contribution in [2.75, 3.05) is 24.5 Å². The molecule has 2 aliphatic heterocycles. The predicted molar refractivity (Wildman–Crippen MR) is 56.3 cm³/mol. The van der Waals surface area contributed by atoms with E-state index in [1.54, 1.807) is 0 Å². The van der Waals surface area contributed by atoms with Crippen molar-refractivity contribution in [3.63, 3.8) is 0 Å². The summed E-state index contributed by atoms with van der Waals surface area (Å²) >= 11 is 0. The summed E-state index contributed by atoms with van der Waals surface area (Å²) in [6.45, 7) is 3.52. The normalized spacial score (nSPS) is 30.7. The highest BCUT2D eigenvalue weighted by Gasteiger charge is 2.34. The van der Waals surface area contributed by atoms with Crippen molar-refractivity contribution in [3.05, 3.63) is 24.5 Å². The third-order valence-electron chi connectivity index (χ3n) is 3.29. The van der Waals surface area contributed by atoms with Crippen LogP contribution >= 0.6 is 0 Å². The molecule has 3 nitrogen and oxygen atoms in total. The number of nitrogens with one attached hydrogen (secondary N) is 1. The van der Waals surface area contributed by atoms with Crippen molar-refractivity contribution in [3.8, 4) is 0 Å². The van der Waals surface area contributed by atoms with E-state index in [2.05, 4.69) is 21.3 Å². The molecule has 2 bridgehead atoms. The maximum atomic E-state index is 4.18. The Hall–Kier alpha value is -1.09. The van der Waals surface area contributed by atoms with Gasteiger partial charge < -0.3 is 10.2 Å². The van der Waals surface area contributed by atoms with Gasteiger partial charge in [-0.3, -0.25) is 4.98 Å². The van der Waals surface area contributed by atoms with Crippen LogP contribution in [0.15, 0.2) is 24.5 Å². The van der Waals surface area contributed by atoms with Gasteiger partial charge in [0.1, 0.15) is 0 Å². The molecule has 0 aromatic carbocycles. The molecule has 3 heterocycles. The monoisotopic (exact) mass is 189 g/mol. The number of hydrogen-bond donors (Lipinski definition) is 1. The van der Waals surface area contributed by atoms with Gasteiger partial charge in [-0.05, 0) is 31.0 Å². The molecule has 2 fully saturated rings. The first kappa shape index (κ1) is 8.24. The highest BCUT2D eigenvalue weighted by Crippen LogP contribution is 2.30. The number of nitrogens with zero attached hydrogens (tertiary/aromatic N) is 2. The SMILES string of the molecule is c1cncc(N2CC3CNCC2C3)c1. The van der Waals surface area contributed by atoms with Crippen LogP contribution in [0.5, 0.6) is 0 Å². The second kappa shape index (κ2) is 3.24. The number of rotatable bonds is 1. The Morgan fingerprint density at radius 3 is 3.21 bits per heavy atom. The molecule has 0 spiro atoms. The van der Waals surface area contributed by atoms with Crippen LogP contribution in [0.3, 0.4) is 0 Å². The maximum absolute atomic E-state index is 4.18. The molecule has 0 saturated carbocycles. The summed E-state index contributed by atoms with van der Waals surface area (Å²) in [6, 6.07) is 4.87. The highest BCUT2D eigenvalue weighted by molar-refractivity contribution is 5.46. The zero-order chi connectivity index (χ0) is 9.38. The van der Waals surface area contributed by atoms with Gasteiger partial charge in [-0.1, -0.05) is 0 Å². The lowest BCUT2D eigenvalue weighted by atomic mass is 10.0. The fraction of sp³-hybridized carbons (Fsp3) is 0.545. The van der Waals surface area contributed by atoms with Gasteiger partial charge in [0.15, 0.2) is 0 Å². The number of pyridine rings is 1. The topological polar surface area (TPSA) is 28.2 Å². The number of anilines is 1. The lowest BCUT2D eigenvalue weighted by molar-refractivity contribution is 0.434. The van der Waals surface area contributed by atoms with Crippen LogP contribution in [0.2, 0.25) is 0 Å². The fourth-order valence-electron chi connectivity index (χ4n) is 2.65. The second-order valence-corrected chi connectivity index (χ2v) is 4.28. The Morgan fingerprint density at radius 1 is 1.43 bits per heavy atom. The summed E-state index contributed by atoms with van der Waals surface area (Å²) in [5, 5.41) is 3.48. The maximum Gasteiger partial charge on any atom is 0.0555 e. The van der Waals surface area contributed by atoms with Gasteiger partial charge in [0, 0.05) is 25.3 Å².